The zero-order valence-corrected chi connectivity index (χ0v) is 9.93. The van der Waals surface area contributed by atoms with Gasteiger partial charge in [-0.2, -0.15) is 0 Å². The Morgan fingerprint density at radius 3 is 3.00 bits per heavy atom. The van der Waals surface area contributed by atoms with Gasteiger partial charge in [-0.1, -0.05) is 17.7 Å². The predicted molar refractivity (Wildman–Crippen MR) is 62.4 cm³/mol. The normalized spacial score (nSPS) is 25.7. The number of hydrogen-bond acceptors (Lipinski definition) is 2. The van der Waals surface area contributed by atoms with Crippen molar-refractivity contribution in [1.82, 2.24) is 5.32 Å². The third-order valence-corrected chi connectivity index (χ3v) is 3.42. The van der Waals surface area contributed by atoms with Crippen molar-refractivity contribution in [2.45, 2.75) is 18.4 Å². The van der Waals surface area contributed by atoms with E-state index in [1.54, 1.807) is 13.2 Å². The molecule has 1 saturated heterocycles. The maximum atomic E-state index is 13.0. The molecule has 1 aliphatic heterocycles. The summed E-state index contributed by atoms with van der Waals surface area (Å²) in [6, 6.07) is 4.58. The lowest BCUT2D eigenvalue weighted by molar-refractivity contribution is 0.0625. The van der Waals surface area contributed by atoms with E-state index < -0.39 is 0 Å². The molecular formula is C12H15ClFNO. The fraction of sp³-hybridized carbons (Fsp3) is 0.500. The summed E-state index contributed by atoms with van der Waals surface area (Å²) in [4.78, 5) is 0. The first kappa shape index (κ1) is 11.8. The second kappa shape index (κ2) is 5.13. The zero-order chi connectivity index (χ0) is 11.5. The Labute approximate surface area is 99.7 Å². The molecule has 88 valence electrons. The van der Waals surface area contributed by atoms with E-state index in [4.69, 9.17) is 16.3 Å². The van der Waals surface area contributed by atoms with E-state index in [9.17, 15) is 4.39 Å². The molecule has 0 radical (unpaired) electrons. The molecule has 1 fully saturated rings. The van der Waals surface area contributed by atoms with Gasteiger partial charge < -0.3 is 10.1 Å². The molecule has 0 unspecified atom stereocenters. The molecule has 4 heteroatoms. The van der Waals surface area contributed by atoms with Crippen molar-refractivity contribution in [3.63, 3.8) is 0 Å². The lowest BCUT2D eigenvalue weighted by Crippen LogP contribution is -2.40. The van der Waals surface area contributed by atoms with Crippen molar-refractivity contribution >= 4 is 11.6 Å². The lowest BCUT2D eigenvalue weighted by Gasteiger charge is -2.31. The van der Waals surface area contributed by atoms with E-state index in [-0.39, 0.29) is 17.8 Å². The summed E-state index contributed by atoms with van der Waals surface area (Å²) in [5, 5.41) is 3.77. The fourth-order valence-electron chi connectivity index (χ4n) is 2.24. The Hall–Kier alpha value is -0.640. The Balaban J connectivity index is 2.27. The topological polar surface area (TPSA) is 21.3 Å². The Kier molecular flexibility index (Phi) is 3.79. The molecule has 2 nitrogen and oxygen atoms in total. The molecule has 1 N–H and O–H groups in total. The molecule has 0 amide bonds. The van der Waals surface area contributed by atoms with Crippen molar-refractivity contribution < 1.29 is 9.13 Å². The number of rotatable bonds is 2. The first-order valence-electron chi connectivity index (χ1n) is 5.41. The summed E-state index contributed by atoms with van der Waals surface area (Å²) in [6.07, 6.45) is 1.07. The Bertz CT molecular complexity index is 372. The molecule has 1 aromatic rings. The highest BCUT2D eigenvalue weighted by Gasteiger charge is 2.27. The van der Waals surface area contributed by atoms with Crippen LogP contribution in [0.1, 0.15) is 17.9 Å². The maximum absolute atomic E-state index is 13.0. The van der Waals surface area contributed by atoms with Gasteiger partial charge in [0.15, 0.2) is 0 Å². The van der Waals surface area contributed by atoms with Gasteiger partial charge in [-0.15, -0.1) is 0 Å². The van der Waals surface area contributed by atoms with Gasteiger partial charge >= 0.3 is 0 Å². The summed E-state index contributed by atoms with van der Waals surface area (Å²) in [7, 11) is 1.70. The van der Waals surface area contributed by atoms with Gasteiger partial charge in [0, 0.05) is 24.6 Å². The van der Waals surface area contributed by atoms with Crippen LogP contribution in [0.2, 0.25) is 5.02 Å². The summed E-state index contributed by atoms with van der Waals surface area (Å²) in [5.41, 5.74) is 0.983. The molecule has 2 rings (SSSR count). The summed E-state index contributed by atoms with van der Waals surface area (Å²) < 4.78 is 18.4. The third-order valence-electron chi connectivity index (χ3n) is 3.09. The molecule has 0 saturated carbocycles. The molecule has 2 atom stereocenters. The van der Waals surface area contributed by atoms with E-state index in [1.807, 2.05) is 0 Å². The van der Waals surface area contributed by atoms with Crippen molar-refractivity contribution in [2.24, 2.45) is 0 Å². The van der Waals surface area contributed by atoms with E-state index >= 15 is 0 Å². The highest BCUT2D eigenvalue weighted by atomic mass is 35.5. The number of hydrogen-bond donors (Lipinski definition) is 1. The van der Waals surface area contributed by atoms with Crippen molar-refractivity contribution in [2.75, 3.05) is 20.2 Å². The van der Waals surface area contributed by atoms with Gasteiger partial charge in [-0.3, -0.25) is 0 Å². The second-order valence-electron chi connectivity index (χ2n) is 4.04. The van der Waals surface area contributed by atoms with Gasteiger partial charge in [0.2, 0.25) is 0 Å². The predicted octanol–water partition coefficient (Wildman–Crippen LogP) is 2.57. The number of ether oxygens (including phenoxy) is 1. The van der Waals surface area contributed by atoms with Gasteiger partial charge in [0.1, 0.15) is 5.82 Å². The van der Waals surface area contributed by atoms with E-state index in [1.165, 1.54) is 12.1 Å². The zero-order valence-electron chi connectivity index (χ0n) is 9.17. The van der Waals surface area contributed by atoms with Crippen LogP contribution in [0.5, 0.6) is 0 Å². The number of nitrogens with one attached hydrogen (secondary N) is 1. The van der Waals surface area contributed by atoms with Crippen LogP contribution in [0.3, 0.4) is 0 Å². The van der Waals surface area contributed by atoms with Crippen LogP contribution in [0.15, 0.2) is 18.2 Å². The van der Waals surface area contributed by atoms with Crippen LogP contribution in [0, 0.1) is 5.82 Å². The van der Waals surface area contributed by atoms with Crippen molar-refractivity contribution in [3.8, 4) is 0 Å². The van der Waals surface area contributed by atoms with Gasteiger partial charge in [0.05, 0.1) is 6.10 Å². The summed E-state index contributed by atoms with van der Waals surface area (Å²) >= 11 is 6.07. The first-order valence-corrected chi connectivity index (χ1v) is 5.78. The fourth-order valence-corrected chi connectivity index (χ4v) is 2.54. The highest BCUT2D eigenvalue weighted by molar-refractivity contribution is 6.31. The van der Waals surface area contributed by atoms with Gasteiger partial charge in [-0.25, -0.2) is 4.39 Å². The standard InChI is InChI=1S/C12H15ClFNO/c1-16-12-7-15-5-4-10(12)9-3-2-8(14)6-11(9)13/h2-3,6,10,12,15H,4-5,7H2,1H3/t10-,12+/m1/s1. The maximum Gasteiger partial charge on any atom is 0.124 e. The van der Waals surface area contributed by atoms with Gasteiger partial charge in [0.25, 0.3) is 0 Å². The summed E-state index contributed by atoms with van der Waals surface area (Å²) in [6.45, 7) is 1.76. The number of methoxy groups -OCH3 is 1. The average Bonchev–Trinajstić information content (AvgIpc) is 2.29. The minimum absolute atomic E-state index is 0.108. The van der Waals surface area contributed by atoms with Crippen LogP contribution in [0.25, 0.3) is 0 Å². The smallest absolute Gasteiger partial charge is 0.124 e. The van der Waals surface area contributed by atoms with E-state index in [0.717, 1.165) is 25.1 Å². The minimum atomic E-state index is -0.295. The Morgan fingerprint density at radius 1 is 1.50 bits per heavy atom. The van der Waals surface area contributed by atoms with Crippen LogP contribution in [0.4, 0.5) is 4.39 Å². The monoisotopic (exact) mass is 243 g/mol. The SMILES string of the molecule is CO[C@H]1CNCC[C@@H]1c1ccc(F)cc1Cl. The summed E-state index contributed by atoms with van der Waals surface area (Å²) in [5.74, 6) is -0.0454. The first-order chi connectivity index (χ1) is 7.72. The highest BCUT2D eigenvalue weighted by Crippen LogP contribution is 2.32. The van der Waals surface area contributed by atoms with E-state index in [0.29, 0.717) is 5.02 Å². The average molecular weight is 244 g/mol. The lowest BCUT2D eigenvalue weighted by atomic mass is 9.87. The second-order valence-corrected chi connectivity index (χ2v) is 4.45. The van der Waals surface area contributed by atoms with Crippen molar-refractivity contribution in [3.05, 3.63) is 34.6 Å². The molecule has 0 aromatic heterocycles. The third kappa shape index (κ3) is 2.37. The molecule has 1 heterocycles. The molecule has 0 aliphatic carbocycles. The number of halogens is 2. The van der Waals surface area contributed by atoms with Gasteiger partial charge in [-0.05, 0) is 30.7 Å². The van der Waals surface area contributed by atoms with Crippen LogP contribution >= 0.6 is 11.6 Å². The quantitative estimate of drug-likeness (QED) is 0.862. The van der Waals surface area contributed by atoms with Crippen molar-refractivity contribution in [1.29, 1.82) is 0 Å². The van der Waals surface area contributed by atoms with Crippen LogP contribution in [-0.2, 0) is 4.74 Å². The van der Waals surface area contributed by atoms with Crippen LogP contribution in [-0.4, -0.2) is 26.3 Å². The molecule has 0 bridgehead atoms. The largest absolute Gasteiger partial charge is 0.379 e. The van der Waals surface area contributed by atoms with E-state index in [2.05, 4.69) is 5.32 Å². The molecule has 1 aromatic carbocycles. The molecule has 16 heavy (non-hydrogen) atoms. The van der Waals surface area contributed by atoms with Crippen LogP contribution < -0.4 is 5.32 Å². The number of piperidine rings is 1. The Morgan fingerprint density at radius 2 is 2.31 bits per heavy atom. The minimum Gasteiger partial charge on any atom is -0.379 e. The molecular weight excluding hydrogens is 229 g/mol. The molecule has 0 spiro atoms. The molecule has 1 aliphatic rings. The number of benzene rings is 1.